The minimum absolute atomic E-state index is 0.00895. The smallest absolute Gasteiger partial charge is 0.253 e. The largest absolute Gasteiger partial charge is 0.352 e. The molecule has 1 amide bonds. The Balaban J connectivity index is 1.43. The monoisotopic (exact) mass is 438 g/mol. The fraction of sp³-hybridized carbons (Fsp3) is 0.478. The highest BCUT2D eigenvalue weighted by molar-refractivity contribution is 7.98. The zero-order chi connectivity index (χ0) is 21.8. The van der Waals surface area contributed by atoms with E-state index < -0.39 is 0 Å². The number of benzene rings is 1. The van der Waals surface area contributed by atoms with E-state index in [4.69, 9.17) is 0 Å². The van der Waals surface area contributed by atoms with Crippen LogP contribution in [0.15, 0.2) is 29.4 Å². The Morgan fingerprint density at radius 3 is 2.58 bits per heavy atom. The Morgan fingerprint density at radius 1 is 1.10 bits per heavy atom. The number of thioether (sulfide) groups is 1. The highest BCUT2D eigenvalue weighted by Crippen LogP contribution is 2.18. The van der Waals surface area contributed by atoms with Crippen LogP contribution >= 0.6 is 11.8 Å². The lowest BCUT2D eigenvalue weighted by Crippen LogP contribution is -2.30. The number of nitrogens with one attached hydrogen (secondary N) is 1. The van der Waals surface area contributed by atoms with Crippen LogP contribution < -0.4 is 5.32 Å². The third kappa shape index (κ3) is 5.07. The molecule has 31 heavy (non-hydrogen) atoms. The van der Waals surface area contributed by atoms with Crippen LogP contribution in [0.3, 0.4) is 0 Å². The molecule has 1 aromatic carbocycles. The molecule has 3 heterocycles. The summed E-state index contributed by atoms with van der Waals surface area (Å²) >= 11 is 1.48. The van der Waals surface area contributed by atoms with Gasteiger partial charge in [0.05, 0.1) is 6.42 Å². The van der Waals surface area contributed by atoms with E-state index in [0.717, 1.165) is 36.6 Å². The lowest BCUT2D eigenvalue weighted by molar-refractivity contribution is -0.120. The van der Waals surface area contributed by atoms with Crippen molar-refractivity contribution in [3.8, 4) is 0 Å². The quantitative estimate of drug-likeness (QED) is 0.571. The Kier molecular flexibility index (Phi) is 6.87. The van der Waals surface area contributed by atoms with Crippen molar-refractivity contribution in [2.24, 2.45) is 0 Å². The first kappa shape index (κ1) is 21.8. The zero-order valence-corrected chi connectivity index (χ0v) is 19.3. The van der Waals surface area contributed by atoms with Crippen molar-refractivity contribution in [3.63, 3.8) is 0 Å². The number of nitrogens with zero attached hydrogens (tertiary/aromatic N) is 5. The maximum Gasteiger partial charge on any atom is 0.253 e. The normalized spacial score (nSPS) is 14.8. The number of hydrogen-bond donors (Lipinski definition) is 1. The average Bonchev–Trinajstić information content (AvgIpc) is 3.20. The van der Waals surface area contributed by atoms with Crippen molar-refractivity contribution in [2.75, 3.05) is 19.3 Å². The minimum atomic E-state index is -0.00895. The molecule has 0 atom stereocenters. The standard InChI is InChI=1S/C23H30N6OS/c1-16-20(17(2)29-22(25-16)26-23(27-29)31-3)13-21(30)24-14-18-9-5-6-10-19(18)15-28-11-7-4-8-12-28/h5-6,9-10H,4,7-8,11-15H2,1-3H3,(H,24,30). The topological polar surface area (TPSA) is 75.4 Å². The number of rotatable bonds is 7. The van der Waals surface area contributed by atoms with Crippen LogP contribution in [-0.4, -0.2) is 49.7 Å². The SMILES string of the molecule is CSc1nc2nc(C)c(CC(=O)NCc3ccccc3CN3CCCCC3)c(C)n2n1. The third-order valence-electron chi connectivity index (χ3n) is 5.99. The molecule has 1 N–H and O–H groups in total. The van der Waals surface area contributed by atoms with Crippen LogP contribution in [0.25, 0.3) is 5.78 Å². The molecule has 0 spiro atoms. The van der Waals surface area contributed by atoms with E-state index in [1.165, 1.54) is 42.2 Å². The Hall–Kier alpha value is -2.45. The molecular weight excluding hydrogens is 408 g/mol. The van der Waals surface area contributed by atoms with Crippen LogP contribution in [0.5, 0.6) is 0 Å². The van der Waals surface area contributed by atoms with Crippen molar-refractivity contribution in [1.82, 2.24) is 29.8 Å². The van der Waals surface area contributed by atoms with Crippen molar-refractivity contribution in [1.29, 1.82) is 0 Å². The Morgan fingerprint density at radius 2 is 1.84 bits per heavy atom. The molecule has 0 unspecified atom stereocenters. The van der Waals surface area contributed by atoms with E-state index in [9.17, 15) is 4.79 Å². The number of amides is 1. The van der Waals surface area contributed by atoms with Gasteiger partial charge in [0.15, 0.2) is 0 Å². The molecule has 7 nitrogen and oxygen atoms in total. The van der Waals surface area contributed by atoms with E-state index in [0.29, 0.717) is 17.5 Å². The average molecular weight is 439 g/mol. The summed E-state index contributed by atoms with van der Waals surface area (Å²) in [5, 5.41) is 8.26. The highest BCUT2D eigenvalue weighted by atomic mass is 32.2. The number of carbonyl (C=O) groups is 1. The summed E-state index contributed by atoms with van der Waals surface area (Å²) in [6, 6.07) is 8.42. The first-order valence-corrected chi connectivity index (χ1v) is 12.1. The van der Waals surface area contributed by atoms with E-state index in [-0.39, 0.29) is 12.3 Å². The summed E-state index contributed by atoms with van der Waals surface area (Å²) in [7, 11) is 0. The fourth-order valence-electron chi connectivity index (χ4n) is 4.19. The minimum Gasteiger partial charge on any atom is -0.352 e. The second-order valence-corrected chi connectivity index (χ2v) is 8.90. The number of fused-ring (bicyclic) bond motifs is 1. The van der Waals surface area contributed by atoms with Crippen molar-refractivity contribution in [3.05, 3.63) is 52.3 Å². The van der Waals surface area contributed by atoms with Gasteiger partial charge in [0.25, 0.3) is 5.78 Å². The lowest BCUT2D eigenvalue weighted by atomic mass is 10.0. The molecule has 2 aromatic heterocycles. The van der Waals surface area contributed by atoms with E-state index in [1.54, 1.807) is 4.52 Å². The van der Waals surface area contributed by atoms with Gasteiger partial charge < -0.3 is 5.32 Å². The summed E-state index contributed by atoms with van der Waals surface area (Å²) in [6.07, 6.45) is 6.11. The molecule has 4 rings (SSSR count). The van der Waals surface area contributed by atoms with Crippen LogP contribution in [-0.2, 0) is 24.3 Å². The van der Waals surface area contributed by atoms with E-state index >= 15 is 0 Å². The second-order valence-electron chi connectivity index (χ2n) is 8.13. The van der Waals surface area contributed by atoms with Crippen molar-refractivity contribution >= 4 is 23.4 Å². The van der Waals surface area contributed by atoms with Crippen molar-refractivity contribution < 1.29 is 4.79 Å². The Bertz CT molecular complexity index is 1070. The maximum atomic E-state index is 12.8. The van der Waals surface area contributed by atoms with Gasteiger partial charge in [-0.15, -0.1) is 5.10 Å². The third-order valence-corrected chi connectivity index (χ3v) is 6.52. The van der Waals surface area contributed by atoms with E-state index in [1.807, 2.05) is 26.2 Å². The van der Waals surface area contributed by atoms with Gasteiger partial charge in [0, 0.05) is 30.0 Å². The van der Waals surface area contributed by atoms with Gasteiger partial charge in [0.2, 0.25) is 11.1 Å². The predicted molar refractivity (Wildman–Crippen MR) is 123 cm³/mol. The molecule has 8 heteroatoms. The number of aromatic nitrogens is 4. The summed E-state index contributed by atoms with van der Waals surface area (Å²) in [5.41, 5.74) is 5.13. The predicted octanol–water partition coefficient (Wildman–Crippen LogP) is 3.31. The van der Waals surface area contributed by atoms with Gasteiger partial charge in [-0.3, -0.25) is 9.69 Å². The number of likely N-dealkylation sites (tertiary alicyclic amines) is 1. The molecule has 164 valence electrons. The van der Waals surface area contributed by atoms with Crippen molar-refractivity contribution in [2.45, 2.75) is 57.8 Å². The number of piperidine rings is 1. The number of hydrogen-bond acceptors (Lipinski definition) is 6. The summed E-state index contributed by atoms with van der Waals surface area (Å²) < 4.78 is 1.73. The lowest BCUT2D eigenvalue weighted by Gasteiger charge is -2.27. The first-order chi connectivity index (χ1) is 15.0. The summed E-state index contributed by atoms with van der Waals surface area (Å²) in [6.45, 7) is 7.71. The van der Waals surface area contributed by atoms with Crippen LogP contribution in [0.1, 0.15) is 47.3 Å². The molecule has 0 radical (unpaired) electrons. The summed E-state index contributed by atoms with van der Waals surface area (Å²) in [5.74, 6) is 0.570. The molecule has 1 aliphatic heterocycles. The van der Waals surface area contributed by atoms with Gasteiger partial charge in [-0.1, -0.05) is 42.4 Å². The molecule has 1 saturated heterocycles. The summed E-state index contributed by atoms with van der Waals surface area (Å²) in [4.78, 5) is 24.3. The van der Waals surface area contributed by atoms with Gasteiger partial charge in [-0.25, -0.2) is 9.50 Å². The second kappa shape index (κ2) is 9.78. The molecule has 1 aliphatic rings. The molecule has 0 saturated carbocycles. The molecular formula is C23H30N6OS. The van der Waals surface area contributed by atoms with Gasteiger partial charge in [-0.2, -0.15) is 4.98 Å². The van der Waals surface area contributed by atoms with Crippen LogP contribution in [0.4, 0.5) is 0 Å². The van der Waals surface area contributed by atoms with Gasteiger partial charge >= 0.3 is 0 Å². The molecule has 0 bridgehead atoms. The van der Waals surface area contributed by atoms with Gasteiger partial charge in [0.1, 0.15) is 0 Å². The van der Waals surface area contributed by atoms with Crippen LogP contribution in [0, 0.1) is 13.8 Å². The highest BCUT2D eigenvalue weighted by Gasteiger charge is 2.17. The van der Waals surface area contributed by atoms with Crippen LogP contribution in [0.2, 0.25) is 0 Å². The van der Waals surface area contributed by atoms with Gasteiger partial charge in [-0.05, 0) is 57.2 Å². The zero-order valence-electron chi connectivity index (χ0n) is 18.5. The molecule has 0 aliphatic carbocycles. The number of carbonyl (C=O) groups excluding carboxylic acids is 1. The first-order valence-electron chi connectivity index (χ1n) is 10.9. The Labute approximate surface area is 187 Å². The molecule has 3 aromatic rings. The molecule has 1 fully saturated rings. The fourth-order valence-corrected chi connectivity index (χ4v) is 4.53. The van der Waals surface area contributed by atoms with E-state index in [2.05, 4.69) is 43.5 Å². The number of aryl methyl sites for hydroxylation is 2. The maximum absolute atomic E-state index is 12.8.